The van der Waals surface area contributed by atoms with Gasteiger partial charge in [0.2, 0.25) is 0 Å². The highest BCUT2D eigenvalue weighted by atomic mass is 35.5. The first-order valence-electron chi connectivity index (χ1n) is 7.37. The summed E-state index contributed by atoms with van der Waals surface area (Å²) in [5.74, 6) is -0.512. The summed E-state index contributed by atoms with van der Waals surface area (Å²) in [7, 11) is 0. The van der Waals surface area contributed by atoms with Crippen LogP contribution in [0.25, 0.3) is 0 Å². The Bertz CT molecular complexity index is 895. The highest BCUT2D eigenvalue weighted by Crippen LogP contribution is 2.29. The summed E-state index contributed by atoms with van der Waals surface area (Å²) in [5.41, 5.74) is 4.38. The molecule has 1 aromatic carbocycles. The maximum absolute atomic E-state index is 12.9. The Labute approximate surface area is 153 Å². The molecule has 0 spiro atoms. The lowest BCUT2D eigenvalue weighted by atomic mass is 10.0. The first kappa shape index (κ1) is 19.0. The summed E-state index contributed by atoms with van der Waals surface area (Å²) in [6.07, 6.45) is 0. The third-order valence-corrected chi connectivity index (χ3v) is 4.31. The second-order valence-electron chi connectivity index (χ2n) is 5.44. The van der Waals surface area contributed by atoms with Crippen LogP contribution in [0.15, 0.2) is 33.9 Å². The number of benzene rings is 1. The van der Waals surface area contributed by atoms with Crippen molar-refractivity contribution in [2.75, 3.05) is 25.4 Å². The maximum atomic E-state index is 12.9. The van der Waals surface area contributed by atoms with E-state index < -0.39 is 17.2 Å². The molecule has 1 amide bonds. The van der Waals surface area contributed by atoms with Crippen molar-refractivity contribution < 1.29 is 4.79 Å². The number of nitrogens with zero attached hydrogens (tertiary/aromatic N) is 1. The van der Waals surface area contributed by atoms with Gasteiger partial charge in [-0.1, -0.05) is 29.8 Å². The van der Waals surface area contributed by atoms with Crippen LogP contribution in [-0.4, -0.2) is 40.4 Å². The van der Waals surface area contributed by atoms with Gasteiger partial charge in [-0.3, -0.25) is 14.6 Å². The standard InChI is InChI=1S/C15H16ClN5O3.ClH/c16-9-4-2-1-3-8(9)10-7-18-5-6-21(10)14(23)12-11(17)13(22)20-15(24)19-12;/h1-4,10,18H,5-7,17H2,(H2,19,20,22,24);1H. The molecule has 0 aliphatic carbocycles. The molecule has 2 aromatic rings. The summed E-state index contributed by atoms with van der Waals surface area (Å²) >= 11 is 6.25. The van der Waals surface area contributed by atoms with Gasteiger partial charge in [0.25, 0.3) is 11.5 Å². The molecule has 134 valence electrons. The van der Waals surface area contributed by atoms with E-state index in [1.165, 1.54) is 0 Å². The van der Waals surface area contributed by atoms with E-state index in [4.69, 9.17) is 17.3 Å². The molecule has 10 heteroatoms. The van der Waals surface area contributed by atoms with Gasteiger partial charge in [0, 0.05) is 24.7 Å². The molecule has 1 aliphatic heterocycles. The van der Waals surface area contributed by atoms with Gasteiger partial charge in [0.05, 0.1) is 6.04 Å². The summed E-state index contributed by atoms with van der Waals surface area (Å²) in [6, 6.07) is 6.90. The number of piperazine rings is 1. The van der Waals surface area contributed by atoms with Crippen molar-refractivity contribution in [2.24, 2.45) is 0 Å². The fraction of sp³-hybridized carbons (Fsp3) is 0.267. The molecule has 1 unspecified atom stereocenters. The molecule has 0 radical (unpaired) electrons. The Hall–Kier alpha value is -2.29. The number of nitrogens with one attached hydrogen (secondary N) is 3. The summed E-state index contributed by atoms with van der Waals surface area (Å²) in [5, 5.41) is 3.75. The fourth-order valence-corrected chi connectivity index (χ4v) is 3.04. The summed E-state index contributed by atoms with van der Waals surface area (Å²) < 4.78 is 0. The largest absolute Gasteiger partial charge is 0.392 e. The molecule has 5 N–H and O–H groups in total. The molecule has 0 saturated carbocycles. The number of halogens is 2. The van der Waals surface area contributed by atoms with Crippen LogP contribution in [0.3, 0.4) is 0 Å². The average Bonchev–Trinajstić information content (AvgIpc) is 2.58. The van der Waals surface area contributed by atoms with E-state index in [9.17, 15) is 14.4 Å². The summed E-state index contributed by atoms with van der Waals surface area (Å²) in [4.78, 5) is 41.9. The van der Waals surface area contributed by atoms with Crippen molar-refractivity contribution in [2.45, 2.75) is 6.04 Å². The van der Waals surface area contributed by atoms with Crippen LogP contribution in [0.4, 0.5) is 5.69 Å². The van der Waals surface area contributed by atoms with E-state index in [0.29, 0.717) is 24.7 Å². The van der Waals surface area contributed by atoms with Crippen molar-refractivity contribution in [3.63, 3.8) is 0 Å². The van der Waals surface area contributed by atoms with Gasteiger partial charge < -0.3 is 20.9 Å². The lowest BCUT2D eigenvalue weighted by molar-refractivity contribution is 0.0629. The number of rotatable bonds is 2. The van der Waals surface area contributed by atoms with Crippen molar-refractivity contribution in [3.8, 4) is 0 Å². The Morgan fingerprint density at radius 2 is 1.96 bits per heavy atom. The molecule has 8 nitrogen and oxygen atoms in total. The molecule has 0 bridgehead atoms. The van der Waals surface area contributed by atoms with Crippen LogP contribution in [0.1, 0.15) is 22.1 Å². The fourth-order valence-electron chi connectivity index (χ4n) is 2.78. The third-order valence-electron chi connectivity index (χ3n) is 3.96. The number of aromatic amines is 2. The van der Waals surface area contributed by atoms with Crippen LogP contribution in [0.2, 0.25) is 5.02 Å². The summed E-state index contributed by atoms with van der Waals surface area (Å²) in [6.45, 7) is 1.48. The average molecular weight is 386 g/mol. The maximum Gasteiger partial charge on any atom is 0.326 e. The van der Waals surface area contributed by atoms with Crippen LogP contribution in [0, 0.1) is 0 Å². The zero-order valence-corrected chi connectivity index (χ0v) is 14.6. The van der Waals surface area contributed by atoms with Crippen LogP contribution < -0.4 is 22.3 Å². The predicted octanol–water partition coefficient (Wildman–Crippen LogP) is 0.507. The van der Waals surface area contributed by atoms with E-state index >= 15 is 0 Å². The number of nitrogens with two attached hydrogens (primary N) is 1. The van der Waals surface area contributed by atoms with Crippen molar-refractivity contribution in [1.29, 1.82) is 0 Å². The van der Waals surface area contributed by atoms with E-state index in [1.54, 1.807) is 17.0 Å². The monoisotopic (exact) mass is 385 g/mol. The van der Waals surface area contributed by atoms with E-state index in [0.717, 1.165) is 5.56 Å². The van der Waals surface area contributed by atoms with Gasteiger partial charge in [-0.2, -0.15) is 0 Å². The van der Waals surface area contributed by atoms with E-state index in [2.05, 4.69) is 10.3 Å². The van der Waals surface area contributed by atoms with Gasteiger partial charge in [0.15, 0.2) is 0 Å². The molecular formula is C15H17Cl2N5O3. The van der Waals surface area contributed by atoms with Gasteiger partial charge in [0.1, 0.15) is 11.4 Å². The first-order chi connectivity index (χ1) is 11.5. The zero-order valence-electron chi connectivity index (χ0n) is 13.0. The van der Waals surface area contributed by atoms with E-state index in [1.807, 2.05) is 17.1 Å². The second-order valence-corrected chi connectivity index (χ2v) is 5.84. The Kier molecular flexibility index (Phi) is 5.89. The Balaban J connectivity index is 0.00000225. The number of carbonyl (C=O) groups is 1. The Morgan fingerprint density at radius 1 is 1.24 bits per heavy atom. The minimum absolute atomic E-state index is 0. The third kappa shape index (κ3) is 3.71. The predicted molar refractivity (Wildman–Crippen MR) is 97.4 cm³/mol. The number of aromatic nitrogens is 2. The van der Waals surface area contributed by atoms with Crippen LogP contribution in [-0.2, 0) is 0 Å². The van der Waals surface area contributed by atoms with Gasteiger partial charge in [-0.05, 0) is 11.6 Å². The SMILES string of the molecule is Cl.Nc1c(C(=O)N2CCNCC2c2ccccc2Cl)[nH]c(=O)[nH]c1=O. The Morgan fingerprint density at radius 3 is 2.68 bits per heavy atom. The van der Waals surface area contributed by atoms with Gasteiger partial charge in [-0.15, -0.1) is 12.4 Å². The van der Waals surface area contributed by atoms with Crippen molar-refractivity contribution in [3.05, 3.63) is 61.4 Å². The molecular weight excluding hydrogens is 369 g/mol. The number of amides is 1. The highest BCUT2D eigenvalue weighted by Gasteiger charge is 2.31. The molecule has 1 aromatic heterocycles. The first-order valence-corrected chi connectivity index (χ1v) is 7.75. The second kappa shape index (κ2) is 7.73. The van der Waals surface area contributed by atoms with Crippen LogP contribution in [0.5, 0.6) is 0 Å². The zero-order chi connectivity index (χ0) is 17.3. The van der Waals surface area contributed by atoms with Gasteiger partial charge >= 0.3 is 5.69 Å². The number of carbonyl (C=O) groups excluding carboxylic acids is 1. The molecule has 25 heavy (non-hydrogen) atoms. The molecule has 1 saturated heterocycles. The minimum atomic E-state index is -0.786. The van der Waals surface area contributed by atoms with Crippen molar-refractivity contribution in [1.82, 2.24) is 20.2 Å². The number of H-pyrrole nitrogens is 2. The van der Waals surface area contributed by atoms with Gasteiger partial charge in [-0.25, -0.2) is 4.79 Å². The smallest absolute Gasteiger partial charge is 0.326 e. The quantitative estimate of drug-likeness (QED) is 0.599. The molecule has 2 heterocycles. The number of hydrogen-bond acceptors (Lipinski definition) is 5. The van der Waals surface area contributed by atoms with Crippen molar-refractivity contribution >= 4 is 35.6 Å². The number of nitrogen functional groups attached to an aromatic ring is 1. The normalized spacial score (nSPS) is 17.0. The number of hydrogen-bond donors (Lipinski definition) is 4. The highest BCUT2D eigenvalue weighted by molar-refractivity contribution is 6.31. The lowest BCUT2D eigenvalue weighted by Crippen LogP contribution is -2.49. The molecule has 1 atom stereocenters. The van der Waals surface area contributed by atoms with E-state index in [-0.39, 0.29) is 29.8 Å². The number of anilines is 1. The topological polar surface area (TPSA) is 124 Å². The minimum Gasteiger partial charge on any atom is -0.392 e. The van der Waals surface area contributed by atoms with Crippen LogP contribution >= 0.6 is 24.0 Å². The lowest BCUT2D eigenvalue weighted by Gasteiger charge is -2.37. The molecule has 1 aliphatic rings. The molecule has 1 fully saturated rings. The molecule has 3 rings (SSSR count).